The Kier molecular flexibility index (Phi) is 5.84. The van der Waals surface area contributed by atoms with Crippen LogP contribution in [0.5, 0.6) is 5.75 Å². The van der Waals surface area contributed by atoms with Crippen molar-refractivity contribution in [2.75, 3.05) is 13.1 Å². The van der Waals surface area contributed by atoms with Crippen LogP contribution >= 0.6 is 0 Å². The normalized spacial score (nSPS) is 19.0. The summed E-state index contributed by atoms with van der Waals surface area (Å²) in [6.07, 6.45) is 12.6. The fraction of sp³-hybridized carbons (Fsp3) is 0.619. The maximum atomic E-state index is 12.8. The van der Waals surface area contributed by atoms with Gasteiger partial charge in [-0.2, -0.15) is 0 Å². The molecule has 3 rings (SSSR count). The van der Waals surface area contributed by atoms with Crippen LogP contribution in [0.1, 0.15) is 64.9 Å². The summed E-state index contributed by atoms with van der Waals surface area (Å²) in [5.74, 6) is 0.412. The van der Waals surface area contributed by atoms with E-state index in [-0.39, 0.29) is 12.1 Å². The predicted molar refractivity (Wildman–Crippen MR) is 102 cm³/mol. The Morgan fingerprint density at radius 1 is 1.15 bits per heavy atom. The van der Waals surface area contributed by atoms with Gasteiger partial charge in [0, 0.05) is 31.0 Å². The Hall–Kier alpha value is -2.04. The number of carbonyl (C=O) groups is 1. The average Bonchev–Trinajstić information content (AvgIpc) is 3.24. The number of nitrogens with zero attached hydrogens (tertiary/aromatic N) is 2. The van der Waals surface area contributed by atoms with Crippen LogP contribution in [0.3, 0.4) is 0 Å². The molecule has 0 aromatic carbocycles. The monoisotopic (exact) mass is 358 g/mol. The van der Waals surface area contributed by atoms with Gasteiger partial charge in [0.2, 0.25) is 0 Å². The number of carbonyl (C=O) groups excluding carboxylic acids is 1. The average molecular weight is 358 g/mol. The van der Waals surface area contributed by atoms with E-state index in [1.807, 2.05) is 33.0 Å². The first-order chi connectivity index (χ1) is 12.4. The lowest BCUT2D eigenvalue weighted by molar-refractivity contribution is -0.147. The second-order valence-corrected chi connectivity index (χ2v) is 8.22. The maximum Gasteiger partial charge on any atom is 0.340 e. The van der Waals surface area contributed by atoms with Gasteiger partial charge in [-0.05, 0) is 65.4 Å². The molecule has 0 radical (unpaired) electrons. The highest BCUT2D eigenvalue weighted by molar-refractivity contribution is 6.16. The highest BCUT2D eigenvalue weighted by Crippen LogP contribution is 2.27. The summed E-state index contributed by atoms with van der Waals surface area (Å²) < 4.78 is 11.7. The summed E-state index contributed by atoms with van der Waals surface area (Å²) in [5.41, 5.74) is 0.764. The van der Waals surface area contributed by atoms with Crippen molar-refractivity contribution in [2.45, 2.75) is 71.0 Å². The van der Waals surface area contributed by atoms with E-state index >= 15 is 0 Å². The molecule has 2 aliphatic rings. The van der Waals surface area contributed by atoms with Crippen molar-refractivity contribution in [1.29, 1.82) is 0 Å². The number of hydrogen-bond donors (Lipinski definition) is 0. The van der Waals surface area contributed by atoms with Crippen LogP contribution < -0.4 is 4.74 Å². The molecule has 0 spiro atoms. The molecule has 2 heterocycles. The van der Waals surface area contributed by atoms with E-state index in [2.05, 4.69) is 9.88 Å². The molecular formula is C21H30N2O3. The second-order valence-electron chi connectivity index (χ2n) is 8.22. The zero-order valence-electron chi connectivity index (χ0n) is 16.2. The number of likely N-dealkylation sites (tertiary alicyclic amines) is 1. The fourth-order valence-corrected chi connectivity index (χ4v) is 3.46. The number of rotatable bonds is 5. The lowest BCUT2D eigenvalue weighted by Crippen LogP contribution is -2.25. The Labute approximate surface area is 156 Å². The third-order valence-corrected chi connectivity index (χ3v) is 4.70. The van der Waals surface area contributed by atoms with Crippen LogP contribution in [-0.4, -0.2) is 40.6 Å². The van der Waals surface area contributed by atoms with Gasteiger partial charge in [-0.25, -0.2) is 4.79 Å². The minimum Gasteiger partial charge on any atom is -0.489 e. The van der Waals surface area contributed by atoms with Crippen molar-refractivity contribution in [3.8, 4) is 5.75 Å². The van der Waals surface area contributed by atoms with Crippen LogP contribution in [0, 0.1) is 0 Å². The molecule has 1 aliphatic carbocycles. The third-order valence-electron chi connectivity index (χ3n) is 4.70. The third kappa shape index (κ3) is 5.23. The van der Waals surface area contributed by atoms with Crippen molar-refractivity contribution in [3.05, 3.63) is 30.2 Å². The molecule has 0 amide bonds. The number of esters is 1. The summed E-state index contributed by atoms with van der Waals surface area (Å²) >= 11 is 0. The first-order valence-electron chi connectivity index (χ1n) is 9.72. The number of ether oxygens (including phenoxy) is 2. The Morgan fingerprint density at radius 3 is 2.50 bits per heavy atom. The topological polar surface area (TPSA) is 51.7 Å². The highest BCUT2D eigenvalue weighted by atomic mass is 16.6. The van der Waals surface area contributed by atoms with Crippen LogP contribution in [0.2, 0.25) is 0 Å². The van der Waals surface area contributed by atoms with Crippen molar-refractivity contribution < 1.29 is 14.3 Å². The van der Waals surface area contributed by atoms with Crippen LogP contribution in [0.25, 0.3) is 5.57 Å². The lowest BCUT2D eigenvalue weighted by atomic mass is 10.1. The summed E-state index contributed by atoms with van der Waals surface area (Å²) in [7, 11) is 0. The van der Waals surface area contributed by atoms with Gasteiger partial charge in [-0.15, -0.1) is 0 Å². The van der Waals surface area contributed by atoms with Crippen LogP contribution in [0.4, 0.5) is 0 Å². The summed E-state index contributed by atoms with van der Waals surface area (Å²) in [5, 5.41) is 0. The van der Waals surface area contributed by atoms with E-state index in [1.54, 1.807) is 12.4 Å². The molecule has 5 nitrogen and oxygen atoms in total. The molecule has 142 valence electrons. The molecule has 1 saturated carbocycles. The van der Waals surface area contributed by atoms with Gasteiger partial charge in [0.15, 0.2) is 0 Å². The SMILES string of the molecule is CC(C)(C)OC(=O)C(=CN1CCCC1)c1cncc(OC2CCCC2)c1. The summed E-state index contributed by atoms with van der Waals surface area (Å²) in [6, 6.07) is 1.91. The van der Waals surface area contributed by atoms with E-state index in [1.165, 1.54) is 12.8 Å². The fourth-order valence-electron chi connectivity index (χ4n) is 3.46. The van der Waals surface area contributed by atoms with Gasteiger partial charge in [-0.3, -0.25) is 4.98 Å². The van der Waals surface area contributed by atoms with Crippen molar-refractivity contribution in [2.24, 2.45) is 0 Å². The minimum absolute atomic E-state index is 0.264. The van der Waals surface area contributed by atoms with Gasteiger partial charge in [0.25, 0.3) is 0 Å². The molecular weight excluding hydrogens is 328 g/mol. The van der Waals surface area contributed by atoms with E-state index in [0.717, 1.165) is 50.1 Å². The van der Waals surface area contributed by atoms with E-state index in [4.69, 9.17) is 9.47 Å². The molecule has 0 bridgehead atoms. The van der Waals surface area contributed by atoms with Gasteiger partial charge < -0.3 is 14.4 Å². The first kappa shape index (κ1) is 18.7. The van der Waals surface area contributed by atoms with Crippen LogP contribution in [0.15, 0.2) is 24.7 Å². The van der Waals surface area contributed by atoms with E-state index in [9.17, 15) is 4.79 Å². The van der Waals surface area contributed by atoms with Crippen LogP contribution in [-0.2, 0) is 9.53 Å². The smallest absolute Gasteiger partial charge is 0.340 e. The van der Waals surface area contributed by atoms with Gasteiger partial charge in [0.1, 0.15) is 11.4 Å². The Morgan fingerprint density at radius 2 is 1.85 bits per heavy atom. The maximum absolute atomic E-state index is 12.8. The molecule has 1 saturated heterocycles. The van der Waals surface area contributed by atoms with Gasteiger partial charge >= 0.3 is 5.97 Å². The lowest BCUT2D eigenvalue weighted by Gasteiger charge is -2.22. The zero-order chi connectivity index (χ0) is 18.6. The number of hydrogen-bond acceptors (Lipinski definition) is 5. The first-order valence-corrected chi connectivity index (χ1v) is 9.72. The molecule has 1 aromatic heterocycles. The standard InChI is InChI=1S/C21H30N2O3/c1-21(2,3)26-20(24)19(15-23-10-6-7-11-23)16-12-18(14-22-13-16)25-17-8-4-5-9-17/h12-15,17H,4-11H2,1-3H3. The molecule has 2 fully saturated rings. The highest BCUT2D eigenvalue weighted by Gasteiger charge is 2.24. The number of aromatic nitrogens is 1. The molecule has 0 atom stereocenters. The van der Waals surface area contributed by atoms with E-state index < -0.39 is 5.60 Å². The quantitative estimate of drug-likeness (QED) is 0.584. The largest absolute Gasteiger partial charge is 0.489 e. The van der Waals surface area contributed by atoms with Crippen molar-refractivity contribution in [1.82, 2.24) is 9.88 Å². The summed E-state index contributed by atoms with van der Waals surface area (Å²) in [6.45, 7) is 7.60. The molecule has 5 heteroatoms. The molecule has 0 N–H and O–H groups in total. The van der Waals surface area contributed by atoms with Crippen molar-refractivity contribution >= 4 is 11.5 Å². The second kappa shape index (κ2) is 8.11. The zero-order valence-corrected chi connectivity index (χ0v) is 16.2. The van der Waals surface area contributed by atoms with E-state index in [0.29, 0.717) is 5.57 Å². The molecule has 1 aromatic rings. The predicted octanol–water partition coefficient (Wildman–Crippen LogP) is 4.18. The molecule has 26 heavy (non-hydrogen) atoms. The Balaban J connectivity index is 1.84. The summed E-state index contributed by atoms with van der Waals surface area (Å²) in [4.78, 5) is 19.3. The van der Waals surface area contributed by atoms with Gasteiger partial charge in [0.05, 0.1) is 17.9 Å². The Bertz CT molecular complexity index is 651. The minimum atomic E-state index is -0.535. The van der Waals surface area contributed by atoms with Crippen molar-refractivity contribution in [3.63, 3.8) is 0 Å². The van der Waals surface area contributed by atoms with Gasteiger partial charge in [-0.1, -0.05) is 0 Å². The number of pyridine rings is 1. The molecule has 1 aliphatic heterocycles. The molecule has 0 unspecified atom stereocenters.